The van der Waals surface area contributed by atoms with Crippen molar-refractivity contribution in [1.82, 2.24) is 9.88 Å². The Bertz CT molecular complexity index is 1070. The summed E-state index contributed by atoms with van der Waals surface area (Å²) in [6, 6.07) is 13.0. The van der Waals surface area contributed by atoms with E-state index in [1.165, 1.54) is 17.4 Å². The van der Waals surface area contributed by atoms with Gasteiger partial charge < -0.3 is 14.5 Å². The average Bonchev–Trinajstić information content (AvgIpc) is 3.22. The zero-order chi connectivity index (χ0) is 21.3. The number of carbonyl (C=O) groups excluding carboxylic acids is 2. The van der Waals surface area contributed by atoms with Gasteiger partial charge in [-0.1, -0.05) is 37.3 Å². The molecule has 0 bridgehead atoms. The fourth-order valence-corrected chi connectivity index (χ4v) is 4.76. The van der Waals surface area contributed by atoms with Crippen molar-refractivity contribution in [2.24, 2.45) is 0 Å². The van der Waals surface area contributed by atoms with Crippen molar-refractivity contribution >= 4 is 38.6 Å². The number of piperazine rings is 1. The van der Waals surface area contributed by atoms with Crippen LogP contribution < -0.4 is 4.90 Å². The Kier molecular flexibility index (Phi) is 5.72. The van der Waals surface area contributed by atoms with Gasteiger partial charge in [0.25, 0.3) is 5.91 Å². The number of fused-ring (bicyclic) bond motifs is 1. The van der Waals surface area contributed by atoms with Gasteiger partial charge in [-0.05, 0) is 41.8 Å². The number of para-hydroxylation sites is 1. The maximum Gasteiger partial charge on any atom is 0.337 e. The van der Waals surface area contributed by atoms with Gasteiger partial charge in [0.15, 0.2) is 5.13 Å². The van der Waals surface area contributed by atoms with Crippen LogP contribution in [0.4, 0.5) is 5.13 Å². The van der Waals surface area contributed by atoms with Gasteiger partial charge in [0.2, 0.25) is 0 Å². The van der Waals surface area contributed by atoms with E-state index in [0.717, 1.165) is 23.7 Å². The van der Waals surface area contributed by atoms with Crippen molar-refractivity contribution < 1.29 is 14.3 Å². The van der Waals surface area contributed by atoms with Gasteiger partial charge in [0, 0.05) is 31.7 Å². The molecule has 1 amide bonds. The molecule has 1 aliphatic rings. The molecule has 1 fully saturated rings. The molecule has 4 rings (SSSR count). The van der Waals surface area contributed by atoms with Crippen molar-refractivity contribution in [3.63, 3.8) is 0 Å². The van der Waals surface area contributed by atoms with Crippen molar-refractivity contribution in [1.29, 1.82) is 0 Å². The second-order valence-corrected chi connectivity index (χ2v) is 8.70. The molecule has 2 heterocycles. The van der Waals surface area contributed by atoms with Crippen LogP contribution in [0.2, 0.25) is 0 Å². The number of aromatic nitrogens is 1. The zero-order valence-electron chi connectivity index (χ0n) is 17.4. The molecule has 156 valence electrons. The number of nitrogens with zero attached hydrogens (tertiary/aromatic N) is 3. The molecular formula is C23H25N3O3S. The van der Waals surface area contributed by atoms with Gasteiger partial charge in [-0.3, -0.25) is 4.79 Å². The van der Waals surface area contributed by atoms with Crippen molar-refractivity contribution in [3.8, 4) is 0 Å². The van der Waals surface area contributed by atoms with Gasteiger partial charge in [-0.2, -0.15) is 0 Å². The van der Waals surface area contributed by atoms with E-state index >= 15 is 0 Å². The molecule has 6 nitrogen and oxygen atoms in total. The highest BCUT2D eigenvalue weighted by molar-refractivity contribution is 7.22. The third-order valence-corrected chi connectivity index (χ3v) is 6.53. The lowest BCUT2D eigenvalue weighted by atomic mass is 10.0. The number of anilines is 1. The number of benzene rings is 2. The smallest absolute Gasteiger partial charge is 0.337 e. The number of amides is 1. The lowest BCUT2D eigenvalue weighted by molar-refractivity contribution is 0.0599. The molecular weight excluding hydrogens is 398 g/mol. The van der Waals surface area contributed by atoms with Crippen molar-refractivity contribution in [3.05, 3.63) is 59.2 Å². The molecule has 0 aliphatic carbocycles. The largest absolute Gasteiger partial charge is 0.465 e. The Morgan fingerprint density at radius 3 is 2.30 bits per heavy atom. The normalized spacial score (nSPS) is 14.4. The number of hydrogen-bond donors (Lipinski definition) is 0. The Morgan fingerprint density at radius 2 is 1.67 bits per heavy atom. The first kappa shape index (κ1) is 20.3. The second kappa shape index (κ2) is 8.44. The molecule has 1 aliphatic heterocycles. The molecule has 1 aromatic heterocycles. The Labute approximate surface area is 180 Å². The monoisotopic (exact) mass is 423 g/mol. The van der Waals surface area contributed by atoms with Crippen LogP contribution in [-0.2, 0) is 4.74 Å². The molecule has 0 unspecified atom stereocenters. The van der Waals surface area contributed by atoms with Crippen LogP contribution in [0.15, 0.2) is 42.5 Å². The quantitative estimate of drug-likeness (QED) is 0.590. The first-order chi connectivity index (χ1) is 14.5. The van der Waals surface area contributed by atoms with Gasteiger partial charge in [-0.25, -0.2) is 9.78 Å². The molecule has 1 saturated heterocycles. The fraction of sp³-hybridized carbons (Fsp3) is 0.348. The van der Waals surface area contributed by atoms with Crippen LogP contribution in [0.3, 0.4) is 0 Å². The molecule has 0 N–H and O–H groups in total. The zero-order valence-corrected chi connectivity index (χ0v) is 18.2. The first-order valence-corrected chi connectivity index (χ1v) is 10.9. The number of rotatable bonds is 4. The van der Waals surface area contributed by atoms with Crippen molar-refractivity contribution in [2.75, 3.05) is 38.2 Å². The van der Waals surface area contributed by atoms with E-state index in [9.17, 15) is 9.59 Å². The van der Waals surface area contributed by atoms with Crippen LogP contribution >= 0.6 is 11.3 Å². The molecule has 3 aromatic rings. The Balaban J connectivity index is 1.44. The minimum Gasteiger partial charge on any atom is -0.465 e. The number of esters is 1. The molecule has 7 heteroatoms. The molecule has 2 aromatic carbocycles. The van der Waals surface area contributed by atoms with E-state index in [1.54, 1.807) is 35.6 Å². The van der Waals surface area contributed by atoms with E-state index in [0.29, 0.717) is 30.1 Å². The summed E-state index contributed by atoms with van der Waals surface area (Å²) in [5.41, 5.74) is 3.39. The summed E-state index contributed by atoms with van der Waals surface area (Å²) < 4.78 is 5.91. The second-order valence-electron chi connectivity index (χ2n) is 7.69. The van der Waals surface area contributed by atoms with Gasteiger partial charge in [0.05, 0.1) is 22.9 Å². The third kappa shape index (κ3) is 3.89. The van der Waals surface area contributed by atoms with Gasteiger partial charge in [0.1, 0.15) is 0 Å². The summed E-state index contributed by atoms with van der Waals surface area (Å²) in [5, 5.41) is 1.02. The summed E-state index contributed by atoms with van der Waals surface area (Å²) in [4.78, 5) is 33.4. The summed E-state index contributed by atoms with van der Waals surface area (Å²) in [7, 11) is 1.34. The Morgan fingerprint density at radius 1 is 1.00 bits per heavy atom. The maximum atomic E-state index is 12.8. The molecule has 0 atom stereocenters. The van der Waals surface area contributed by atoms with Crippen LogP contribution in [0, 0.1) is 0 Å². The van der Waals surface area contributed by atoms with E-state index in [2.05, 4.69) is 36.9 Å². The van der Waals surface area contributed by atoms with Crippen LogP contribution in [-0.4, -0.2) is 55.0 Å². The molecule has 30 heavy (non-hydrogen) atoms. The third-order valence-electron chi connectivity index (χ3n) is 5.45. The number of ether oxygens (including phenoxy) is 1. The highest BCUT2D eigenvalue weighted by atomic mass is 32.1. The fourth-order valence-electron chi connectivity index (χ4n) is 3.71. The summed E-state index contributed by atoms with van der Waals surface area (Å²) in [5.74, 6) is 0.0141. The average molecular weight is 424 g/mol. The van der Waals surface area contributed by atoms with E-state index in [-0.39, 0.29) is 5.91 Å². The van der Waals surface area contributed by atoms with Gasteiger partial charge in [-0.15, -0.1) is 0 Å². The summed E-state index contributed by atoms with van der Waals surface area (Å²) in [6.07, 6.45) is 0. The maximum absolute atomic E-state index is 12.8. The Hall–Kier alpha value is -2.93. The number of methoxy groups -OCH3 is 1. The lowest BCUT2D eigenvalue weighted by Crippen LogP contribution is -2.48. The summed E-state index contributed by atoms with van der Waals surface area (Å²) in [6.45, 7) is 7.17. The van der Waals surface area contributed by atoms with Gasteiger partial charge >= 0.3 is 5.97 Å². The molecule has 0 radical (unpaired) electrons. The summed E-state index contributed by atoms with van der Waals surface area (Å²) >= 11 is 1.72. The van der Waals surface area contributed by atoms with Crippen molar-refractivity contribution in [2.45, 2.75) is 19.8 Å². The number of hydrogen-bond acceptors (Lipinski definition) is 6. The minimum absolute atomic E-state index is 0.0162. The van der Waals surface area contributed by atoms with E-state index in [1.807, 2.05) is 4.90 Å². The SMILES string of the molecule is COC(=O)c1ccc(C(=O)N2CCN(c3nc4c(C(C)C)cccc4s3)CC2)cc1. The highest BCUT2D eigenvalue weighted by Gasteiger charge is 2.24. The standard InChI is InChI=1S/C23H25N3O3S/c1-15(2)18-5-4-6-19-20(18)24-23(30-19)26-13-11-25(12-14-26)21(27)16-7-9-17(10-8-16)22(28)29-3/h4-10,15H,11-14H2,1-3H3. The van der Waals surface area contributed by atoms with E-state index < -0.39 is 5.97 Å². The van der Waals surface area contributed by atoms with Crippen LogP contribution in [0.25, 0.3) is 10.2 Å². The number of thiazole rings is 1. The van der Waals surface area contributed by atoms with Crippen LogP contribution in [0.5, 0.6) is 0 Å². The molecule has 0 saturated carbocycles. The minimum atomic E-state index is -0.404. The lowest BCUT2D eigenvalue weighted by Gasteiger charge is -2.34. The first-order valence-electron chi connectivity index (χ1n) is 10.1. The number of carbonyl (C=O) groups is 2. The van der Waals surface area contributed by atoms with Crippen LogP contribution in [0.1, 0.15) is 46.0 Å². The topological polar surface area (TPSA) is 62.7 Å². The predicted octanol–water partition coefficient (Wildman–Crippen LogP) is 4.17. The predicted molar refractivity (Wildman–Crippen MR) is 120 cm³/mol. The highest BCUT2D eigenvalue weighted by Crippen LogP contribution is 2.33. The van der Waals surface area contributed by atoms with E-state index in [4.69, 9.17) is 9.72 Å². The molecule has 0 spiro atoms.